The summed E-state index contributed by atoms with van der Waals surface area (Å²) in [6.45, 7) is 3.73. The van der Waals surface area contributed by atoms with Crippen LogP contribution in [0.2, 0.25) is 0 Å². The van der Waals surface area contributed by atoms with E-state index >= 15 is 0 Å². The van der Waals surface area contributed by atoms with E-state index in [1.807, 2.05) is 25.2 Å². The van der Waals surface area contributed by atoms with E-state index in [1.165, 1.54) is 11.1 Å². The predicted octanol–water partition coefficient (Wildman–Crippen LogP) is 4.15. The Labute approximate surface area is 121 Å². The lowest BCUT2D eigenvalue weighted by Crippen LogP contribution is -2.25. The number of hydrogen-bond donors (Lipinski definition) is 0. The molecule has 0 saturated carbocycles. The molecule has 2 rings (SSSR count). The summed E-state index contributed by atoms with van der Waals surface area (Å²) < 4.78 is 0. The third-order valence-electron chi connectivity index (χ3n) is 3.57. The maximum Gasteiger partial charge on any atom is 0.132 e. The van der Waals surface area contributed by atoms with Crippen molar-refractivity contribution in [3.8, 4) is 0 Å². The highest BCUT2D eigenvalue weighted by Crippen LogP contribution is 2.28. The number of hydrogen-bond acceptors (Lipinski definition) is 2. The Kier molecular flexibility index (Phi) is 4.57. The number of ketones is 1. The normalized spacial score (nSPS) is 11.9. The van der Waals surface area contributed by atoms with Gasteiger partial charge in [-0.1, -0.05) is 48.0 Å². The SMILES string of the molecule is CC(=O)CC(c1ccc(C)cc1)N(C)c1ccccc1. The molecular formula is C18H21NO. The third kappa shape index (κ3) is 3.47. The van der Waals surface area contributed by atoms with Crippen LogP contribution in [0.4, 0.5) is 5.69 Å². The number of Topliss-reactive ketones (excluding diaryl/α,β-unsaturated/α-hetero) is 1. The van der Waals surface area contributed by atoms with Gasteiger partial charge < -0.3 is 4.90 Å². The zero-order valence-corrected chi connectivity index (χ0v) is 12.3. The molecule has 2 aromatic carbocycles. The fraction of sp³-hybridized carbons (Fsp3) is 0.278. The third-order valence-corrected chi connectivity index (χ3v) is 3.57. The molecule has 0 spiro atoms. The van der Waals surface area contributed by atoms with Crippen LogP contribution in [-0.2, 0) is 4.79 Å². The minimum absolute atomic E-state index is 0.0792. The summed E-state index contributed by atoms with van der Waals surface area (Å²) in [4.78, 5) is 13.8. The summed E-state index contributed by atoms with van der Waals surface area (Å²) >= 11 is 0. The summed E-state index contributed by atoms with van der Waals surface area (Å²) in [6, 6.07) is 18.7. The minimum atomic E-state index is 0.0792. The fourth-order valence-corrected chi connectivity index (χ4v) is 2.38. The van der Waals surface area contributed by atoms with Crippen molar-refractivity contribution in [1.29, 1.82) is 0 Å². The molecule has 2 heteroatoms. The summed E-state index contributed by atoms with van der Waals surface area (Å²) in [5, 5.41) is 0. The summed E-state index contributed by atoms with van der Waals surface area (Å²) in [5.41, 5.74) is 3.54. The first kappa shape index (κ1) is 14.3. The van der Waals surface area contributed by atoms with Crippen molar-refractivity contribution in [2.75, 3.05) is 11.9 Å². The highest BCUT2D eigenvalue weighted by atomic mass is 16.1. The van der Waals surface area contributed by atoms with Crippen LogP contribution in [0.5, 0.6) is 0 Å². The van der Waals surface area contributed by atoms with Crippen LogP contribution < -0.4 is 4.90 Å². The van der Waals surface area contributed by atoms with E-state index in [9.17, 15) is 4.79 Å². The lowest BCUT2D eigenvalue weighted by Gasteiger charge is -2.30. The first-order valence-electron chi connectivity index (χ1n) is 6.92. The largest absolute Gasteiger partial charge is 0.367 e. The van der Waals surface area contributed by atoms with Gasteiger partial charge in [0, 0.05) is 19.2 Å². The van der Waals surface area contributed by atoms with Gasteiger partial charge in [-0.3, -0.25) is 4.79 Å². The van der Waals surface area contributed by atoms with Gasteiger partial charge in [0.25, 0.3) is 0 Å². The molecule has 0 aliphatic rings. The quantitative estimate of drug-likeness (QED) is 0.811. The van der Waals surface area contributed by atoms with Crippen LogP contribution in [0.3, 0.4) is 0 Å². The van der Waals surface area contributed by atoms with E-state index in [2.05, 4.69) is 48.2 Å². The van der Waals surface area contributed by atoms with Crippen molar-refractivity contribution in [3.05, 3.63) is 65.7 Å². The van der Waals surface area contributed by atoms with Crippen LogP contribution in [0, 0.1) is 6.92 Å². The van der Waals surface area contributed by atoms with E-state index < -0.39 is 0 Å². The van der Waals surface area contributed by atoms with E-state index in [0.717, 1.165) is 5.69 Å². The van der Waals surface area contributed by atoms with Crippen molar-refractivity contribution in [3.63, 3.8) is 0 Å². The van der Waals surface area contributed by atoms with Gasteiger partial charge >= 0.3 is 0 Å². The van der Waals surface area contributed by atoms with Crippen LogP contribution in [-0.4, -0.2) is 12.8 Å². The molecule has 0 aliphatic carbocycles. The van der Waals surface area contributed by atoms with Gasteiger partial charge in [-0.2, -0.15) is 0 Å². The number of rotatable bonds is 5. The number of anilines is 1. The fourth-order valence-electron chi connectivity index (χ4n) is 2.38. The van der Waals surface area contributed by atoms with E-state index in [0.29, 0.717) is 6.42 Å². The molecule has 0 heterocycles. The van der Waals surface area contributed by atoms with Crippen molar-refractivity contribution in [1.82, 2.24) is 0 Å². The second kappa shape index (κ2) is 6.38. The van der Waals surface area contributed by atoms with Gasteiger partial charge in [0.1, 0.15) is 5.78 Å². The standard InChI is InChI=1S/C18H21NO/c1-14-9-11-16(12-10-14)18(13-15(2)20)19(3)17-7-5-4-6-8-17/h4-12,18H,13H2,1-3H3. The second-order valence-electron chi connectivity index (χ2n) is 5.28. The molecular weight excluding hydrogens is 246 g/mol. The Hall–Kier alpha value is -2.09. The Morgan fingerprint density at radius 1 is 1.05 bits per heavy atom. The molecule has 0 aliphatic heterocycles. The molecule has 1 atom stereocenters. The van der Waals surface area contributed by atoms with Gasteiger partial charge in [0.05, 0.1) is 6.04 Å². The monoisotopic (exact) mass is 267 g/mol. The van der Waals surface area contributed by atoms with Gasteiger partial charge in [0.2, 0.25) is 0 Å². The van der Waals surface area contributed by atoms with Crippen LogP contribution in [0.25, 0.3) is 0 Å². The average molecular weight is 267 g/mol. The van der Waals surface area contributed by atoms with E-state index in [-0.39, 0.29) is 11.8 Å². The molecule has 104 valence electrons. The van der Waals surface area contributed by atoms with Gasteiger partial charge in [0.15, 0.2) is 0 Å². The first-order chi connectivity index (χ1) is 9.58. The maximum atomic E-state index is 11.6. The molecule has 1 unspecified atom stereocenters. The number of carbonyl (C=O) groups excluding carboxylic acids is 1. The molecule has 20 heavy (non-hydrogen) atoms. The number of benzene rings is 2. The Balaban J connectivity index is 2.32. The molecule has 0 amide bonds. The Bertz CT molecular complexity index is 560. The topological polar surface area (TPSA) is 20.3 Å². The molecule has 0 bridgehead atoms. The Morgan fingerprint density at radius 2 is 1.65 bits per heavy atom. The molecule has 0 fully saturated rings. The number of para-hydroxylation sites is 1. The molecule has 0 radical (unpaired) electrons. The predicted molar refractivity (Wildman–Crippen MR) is 84.1 cm³/mol. The number of aryl methyl sites for hydroxylation is 1. The second-order valence-corrected chi connectivity index (χ2v) is 5.28. The first-order valence-corrected chi connectivity index (χ1v) is 6.92. The van der Waals surface area contributed by atoms with Crippen LogP contribution in [0.1, 0.15) is 30.5 Å². The van der Waals surface area contributed by atoms with Crippen molar-refractivity contribution >= 4 is 11.5 Å². The maximum absolute atomic E-state index is 11.6. The van der Waals surface area contributed by atoms with Crippen molar-refractivity contribution in [2.24, 2.45) is 0 Å². The van der Waals surface area contributed by atoms with Crippen LogP contribution in [0.15, 0.2) is 54.6 Å². The number of carbonyl (C=O) groups is 1. The average Bonchev–Trinajstić information content (AvgIpc) is 2.46. The molecule has 0 saturated heterocycles. The molecule has 2 nitrogen and oxygen atoms in total. The van der Waals surface area contributed by atoms with Gasteiger partial charge in [-0.05, 0) is 31.5 Å². The lowest BCUT2D eigenvalue weighted by molar-refractivity contribution is -0.117. The van der Waals surface area contributed by atoms with E-state index in [1.54, 1.807) is 6.92 Å². The molecule has 0 aromatic heterocycles. The minimum Gasteiger partial charge on any atom is -0.367 e. The highest BCUT2D eigenvalue weighted by Gasteiger charge is 2.19. The zero-order valence-electron chi connectivity index (χ0n) is 12.3. The lowest BCUT2D eigenvalue weighted by atomic mass is 9.99. The molecule has 2 aromatic rings. The summed E-state index contributed by atoms with van der Waals surface area (Å²) in [7, 11) is 2.04. The van der Waals surface area contributed by atoms with E-state index in [4.69, 9.17) is 0 Å². The van der Waals surface area contributed by atoms with Crippen molar-refractivity contribution in [2.45, 2.75) is 26.3 Å². The summed E-state index contributed by atoms with van der Waals surface area (Å²) in [6.07, 6.45) is 0.522. The van der Waals surface area contributed by atoms with Crippen LogP contribution >= 0.6 is 0 Å². The zero-order chi connectivity index (χ0) is 14.5. The Morgan fingerprint density at radius 3 is 2.20 bits per heavy atom. The summed E-state index contributed by atoms with van der Waals surface area (Å²) in [5.74, 6) is 0.207. The highest BCUT2D eigenvalue weighted by molar-refractivity contribution is 5.77. The van der Waals surface area contributed by atoms with Gasteiger partial charge in [-0.25, -0.2) is 0 Å². The smallest absolute Gasteiger partial charge is 0.132 e. The van der Waals surface area contributed by atoms with Gasteiger partial charge in [-0.15, -0.1) is 0 Å². The molecule has 0 N–H and O–H groups in total. The van der Waals surface area contributed by atoms with Crippen molar-refractivity contribution < 1.29 is 4.79 Å². The number of nitrogens with zero attached hydrogens (tertiary/aromatic N) is 1.